The van der Waals surface area contributed by atoms with Gasteiger partial charge in [0.2, 0.25) is 5.91 Å². The molecule has 0 atom stereocenters. The second-order valence-electron chi connectivity index (χ2n) is 8.43. The van der Waals surface area contributed by atoms with Crippen LogP contribution in [0.5, 0.6) is 5.75 Å². The van der Waals surface area contributed by atoms with Gasteiger partial charge in [-0.25, -0.2) is 4.98 Å². The molecule has 1 amide bonds. The molecule has 1 heterocycles. The van der Waals surface area contributed by atoms with E-state index in [1.165, 1.54) is 0 Å². The molecule has 174 valence electrons. The molecule has 0 aliphatic carbocycles. The molecule has 5 aromatic rings. The third-order valence-corrected chi connectivity index (χ3v) is 6.12. The molecule has 0 spiro atoms. The van der Waals surface area contributed by atoms with Crippen molar-refractivity contribution in [2.75, 3.05) is 7.11 Å². The highest BCUT2D eigenvalue weighted by molar-refractivity contribution is 5.79. The average Bonchev–Trinajstić information content (AvgIpc) is 3.26. The molecule has 0 fully saturated rings. The van der Waals surface area contributed by atoms with Gasteiger partial charge in [-0.2, -0.15) is 0 Å². The highest BCUT2D eigenvalue weighted by Crippen LogP contribution is 2.23. The summed E-state index contributed by atoms with van der Waals surface area (Å²) in [6.07, 6.45) is 0.321. The van der Waals surface area contributed by atoms with Crippen molar-refractivity contribution in [3.63, 3.8) is 0 Å². The van der Waals surface area contributed by atoms with Gasteiger partial charge in [0.15, 0.2) is 0 Å². The van der Waals surface area contributed by atoms with Gasteiger partial charge in [-0.15, -0.1) is 0 Å². The number of nitrogens with zero attached hydrogens (tertiary/aromatic N) is 2. The fraction of sp³-hybridized carbons (Fsp3) is 0.133. The highest BCUT2D eigenvalue weighted by Gasteiger charge is 2.14. The predicted octanol–water partition coefficient (Wildman–Crippen LogP) is 5.62. The van der Waals surface area contributed by atoms with Gasteiger partial charge in [-0.1, -0.05) is 84.9 Å². The zero-order chi connectivity index (χ0) is 24.0. The number of carbonyl (C=O) groups excluding carboxylic acids is 1. The van der Waals surface area contributed by atoms with Crippen molar-refractivity contribution in [2.24, 2.45) is 0 Å². The molecule has 35 heavy (non-hydrogen) atoms. The average molecular weight is 462 g/mol. The number of carbonyl (C=O) groups is 1. The number of para-hydroxylation sites is 3. The van der Waals surface area contributed by atoms with E-state index in [0.29, 0.717) is 19.5 Å². The van der Waals surface area contributed by atoms with Gasteiger partial charge in [0.05, 0.1) is 37.7 Å². The van der Waals surface area contributed by atoms with Crippen molar-refractivity contribution < 1.29 is 9.53 Å². The van der Waals surface area contributed by atoms with Gasteiger partial charge in [-0.3, -0.25) is 4.79 Å². The standard InChI is InChI=1S/C30H27N3O2/c1-35-28-14-8-5-11-25(28)21-33-27-13-7-6-12-26(27)32-29(33)20-31-30(34)19-22-15-17-24(18-16-22)23-9-3-2-4-10-23/h2-18H,19-21H2,1H3,(H,31,34). The molecule has 0 saturated carbocycles. The number of methoxy groups -OCH3 is 1. The molecule has 0 unspecified atom stereocenters. The zero-order valence-corrected chi connectivity index (χ0v) is 19.6. The summed E-state index contributed by atoms with van der Waals surface area (Å²) in [7, 11) is 1.68. The third-order valence-electron chi connectivity index (χ3n) is 6.12. The van der Waals surface area contributed by atoms with Gasteiger partial charge in [0.1, 0.15) is 11.6 Å². The van der Waals surface area contributed by atoms with Crippen LogP contribution in [0.3, 0.4) is 0 Å². The first-order valence-corrected chi connectivity index (χ1v) is 11.7. The Morgan fingerprint density at radius 2 is 1.51 bits per heavy atom. The number of hydrogen-bond donors (Lipinski definition) is 1. The van der Waals surface area contributed by atoms with Crippen LogP contribution in [0.1, 0.15) is 17.0 Å². The number of ether oxygens (including phenoxy) is 1. The van der Waals surface area contributed by atoms with Crippen LogP contribution in [-0.2, 0) is 24.3 Å². The normalized spacial score (nSPS) is 10.9. The maximum atomic E-state index is 12.8. The topological polar surface area (TPSA) is 56.1 Å². The molecule has 0 radical (unpaired) electrons. The molecule has 4 aromatic carbocycles. The summed E-state index contributed by atoms with van der Waals surface area (Å²) in [5, 5.41) is 3.06. The van der Waals surface area contributed by atoms with Crippen LogP contribution in [0, 0.1) is 0 Å². The number of aromatic nitrogens is 2. The smallest absolute Gasteiger partial charge is 0.224 e. The fourth-order valence-electron chi connectivity index (χ4n) is 4.31. The largest absolute Gasteiger partial charge is 0.496 e. The molecule has 1 aromatic heterocycles. The van der Waals surface area contributed by atoms with Crippen molar-refractivity contribution in [1.29, 1.82) is 0 Å². The SMILES string of the molecule is COc1ccccc1Cn1c(CNC(=O)Cc2ccc(-c3ccccc3)cc2)nc2ccccc21. The van der Waals surface area contributed by atoms with E-state index >= 15 is 0 Å². The molecular weight excluding hydrogens is 434 g/mol. The van der Waals surface area contributed by atoms with Gasteiger partial charge in [0, 0.05) is 5.56 Å². The molecule has 5 rings (SSSR count). The van der Waals surface area contributed by atoms with Crippen LogP contribution in [0.4, 0.5) is 0 Å². The summed E-state index contributed by atoms with van der Waals surface area (Å²) in [6, 6.07) is 34.4. The number of benzene rings is 4. The second kappa shape index (κ2) is 10.3. The van der Waals surface area contributed by atoms with Gasteiger partial charge in [0.25, 0.3) is 0 Å². The summed E-state index contributed by atoms with van der Waals surface area (Å²) >= 11 is 0. The molecule has 0 bridgehead atoms. The van der Waals surface area contributed by atoms with E-state index in [4.69, 9.17) is 9.72 Å². The summed E-state index contributed by atoms with van der Waals surface area (Å²) in [6.45, 7) is 0.960. The first-order chi connectivity index (χ1) is 17.2. The number of imidazole rings is 1. The number of rotatable bonds is 8. The lowest BCUT2D eigenvalue weighted by Gasteiger charge is -2.13. The molecular formula is C30H27N3O2. The number of hydrogen-bond acceptors (Lipinski definition) is 3. The Balaban J connectivity index is 1.30. The molecule has 0 aliphatic heterocycles. The van der Waals surface area contributed by atoms with E-state index in [9.17, 15) is 4.79 Å². The lowest BCUT2D eigenvalue weighted by atomic mass is 10.0. The van der Waals surface area contributed by atoms with Crippen molar-refractivity contribution in [3.8, 4) is 16.9 Å². The Bertz CT molecular complexity index is 1440. The van der Waals surface area contributed by atoms with Crippen LogP contribution in [0.2, 0.25) is 0 Å². The quantitative estimate of drug-likeness (QED) is 0.326. The van der Waals surface area contributed by atoms with Crippen molar-refractivity contribution in [3.05, 3.63) is 120 Å². The Morgan fingerprint density at radius 1 is 0.829 bits per heavy atom. The van der Waals surface area contributed by atoms with E-state index < -0.39 is 0 Å². The van der Waals surface area contributed by atoms with Crippen LogP contribution in [-0.4, -0.2) is 22.6 Å². The van der Waals surface area contributed by atoms with Crippen LogP contribution in [0.15, 0.2) is 103 Å². The maximum absolute atomic E-state index is 12.8. The van der Waals surface area contributed by atoms with E-state index in [0.717, 1.165) is 44.9 Å². The minimum absolute atomic E-state index is 0.0339. The second-order valence-corrected chi connectivity index (χ2v) is 8.43. The Morgan fingerprint density at radius 3 is 2.31 bits per heavy atom. The molecule has 5 nitrogen and oxygen atoms in total. The van der Waals surface area contributed by atoms with E-state index in [1.54, 1.807) is 7.11 Å². The molecule has 5 heteroatoms. The van der Waals surface area contributed by atoms with Gasteiger partial charge < -0.3 is 14.6 Å². The van der Waals surface area contributed by atoms with Gasteiger partial charge in [-0.05, 0) is 34.9 Å². The Hall–Kier alpha value is -4.38. The first kappa shape index (κ1) is 22.4. The number of amides is 1. The van der Waals surface area contributed by atoms with E-state index in [2.05, 4.69) is 46.3 Å². The summed E-state index contributed by atoms with van der Waals surface area (Å²) in [4.78, 5) is 17.6. The monoisotopic (exact) mass is 461 g/mol. The van der Waals surface area contributed by atoms with Gasteiger partial charge >= 0.3 is 0 Å². The van der Waals surface area contributed by atoms with E-state index in [-0.39, 0.29) is 5.91 Å². The van der Waals surface area contributed by atoms with Crippen molar-refractivity contribution in [1.82, 2.24) is 14.9 Å². The minimum atomic E-state index is -0.0339. The molecule has 0 saturated heterocycles. The van der Waals surface area contributed by atoms with Crippen LogP contribution in [0.25, 0.3) is 22.2 Å². The molecule has 1 N–H and O–H groups in total. The fourth-order valence-corrected chi connectivity index (χ4v) is 4.31. The maximum Gasteiger partial charge on any atom is 0.224 e. The predicted molar refractivity (Wildman–Crippen MR) is 139 cm³/mol. The van der Waals surface area contributed by atoms with Crippen molar-refractivity contribution >= 4 is 16.9 Å². The lowest BCUT2D eigenvalue weighted by molar-refractivity contribution is -0.120. The Kier molecular flexibility index (Phi) is 6.57. The van der Waals surface area contributed by atoms with E-state index in [1.807, 2.05) is 66.7 Å². The Labute approximate surface area is 205 Å². The first-order valence-electron chi connectivity index (χ1n) is 11.7. The van der Waals surface area contributed by atoms with Crippen LogP contribution < -0.4 is 10.1 Å². The van der Waals surface area contributed by atoms with Crippen molar-refractivity contribution in [2.45, 2.75) is 19.5 Å². The number of fused-ring (bicyclic) bond motifs is 1. The summed E-state index contributed by atoms with van der Waals surface area (Å²) in [5.41, 5.74) is 6.27. The highest BCUT2D eigenvalue weighted by atomic mass is 16.5. The van der Waals surface area contributed by atoms with Crippen LogP contribution >= 0.6 is 0 Å². The third kappa shape index (κ3) is 5.09. The zero-order valence-electron chi connectivity index (χ0n) is 19.6. The number of nitrogens with one attached hydrogen (secondary N) is 1. The molecule has 0 aliphatic rings. The summed E-state index contributed by atoms with van der Waals surface area (Å²) < 4.78 is 7.68. The summed E-state index contributed by atoms with van der Waals surface area (Å²) in [5.74, 6) is 1.61. The minimum Gasteiger partial charge on any atom is -0.496 e. The lowest BCUT2D eigenvalue weighted by Crippen LogP contribution is -2.26.